The van der Waals surface area contributed by atoms with E-state index >= 15 is 0 Å². The van der Waals surface area contributed by atoms with E-state index in [-0.39, 0.29) is 24.0 Å². The van der Waals surface area contributed by atoms with Crippen LogP contribution in [0.2, 0.25) is 0 Å². The van der Waals surface area contributed by atoms with Gasteiger partial charge in [-0.25, -0.2) is 0 Å². The van der Waals surface area contributed by atoms with Crippen molar-refractivity contribution in [2.75, 3.05) is 44.7 Å². The summed E-state index contributed by atoms with van der Waals surface area (Å²) in [7, 11) is 3.66. The Hall–Kier alpha value is -1.98. The summed E-state index contributed by atoms with van der Waals surface area (Å²) in [6, 6.07) is 5.53. The van der Waals surface area contributed by atoms with E-state index in [0.29, 0.717) is 31.9 Å². The Kier molecular flexibility index (Phi) is 8.80. The van der Waals surface area contributed by atoms with Crippen molar-refractivity contribution in [1.29, 1.82) is 0 Å². The lowest BCUT2D eigenvalue weighted by Gasteiger charge is -2.37. The van der Waals surface area contributed by atoms with Gasteiger partial charge < -0.3 is 15.1 Å². The number of guanidine groups is 1. The molecule has 0 spiro atoms. The third kappa shape index (κ3) is 6.51. The zero-order valence-corrected chi connectivity index (χ0v) is 19.5. The van der Waals surface area contributed by atoms with Crippen molar-refractivity contribution < 1.29 is 13.2 Å². The monoisotopic (exact) mass is 536 g/mol. The minimum atomic E-state index is -4.32. The van der Waals surface area contributed by atoms with Crippen LogP contribution in [0.1, 0.15) is 17.5 Å². The van der Waals surface area contributed by atoms with E-state index in [9.17, 15) is 13.2 Å². The summed E-state index contributed by atoms with van der Waals surface area (Å²) in [5.41, 5.74) is 1.21. The lowest BCUT2D eigenvalue weighted by Crippen LogP contribution is -2.52. The van der Waals surface area contributed by atoms with Crippen LogP contribution < -0.4 is 10.2 Å². The quantitative estimate of drug-likeness (QED) is 0.276. The normalized spacial score (nSPS) is 15.2. The molecule has 3 rings (SSSR count). The number of halogens is 4. The average molecular weight is 536 g/mol. The maximum Gasteiger partial charge on any atom is 0.416 e. The summed E-state index contributed by atoms with van der Waals surface area (Å²) >= 11 is 0. The number of aryl methyl sites for hydroxylation is 2. The minimum Gasteiger partial charge on any atom is -0.368 e. The number of aromatic nitrogens is 2. The lowest BCUT2D eigenvalue weighted by atomic mass is 10.1. The molecule has 0 saturated carbocycles. The van der Waals surface area contributed by atoms with Crippen LogP contribution in [0, 0.1) is 0 Å². The van der Waals surface area contributed by atoms with Crippen LogP contribution in [-0.2, 0) is 19.6 Å². The largest absolute Gasteiger partial charge is 0.416 e. The number of hydrogen-bond donors (Lipinski definition) is 1. The Morgan fingerprint density at radius 1 is 1.20 bits per heavy atom. The van der Waals surface area contributed by atoms with E-state index in [1.807, 2.05) is 24.3 Å². The first-order valence-electron chi connectivity index (χ1n) is 9.72. The van der Waals surface area contributed by atoms with E-state index in [2.05, 4.69) is 20.3 Å². The third-order valence-corrected chi connectivity index (χ3v) is 5.01. The highest BCUT2D eigenvalue weighted by atomic mass is 127. The molecule has 1 aliphatic rings. The van der Waals surface area contributed by atoms with Crippen LogP contribution in [0.25, 0.3) is 0 Å². The van der Waals surface area contributed by atoms with Crippen molar-refractivity contribution in [2.24, 2.45) is 12.0 Å². The van der Waals surface area contributed by atoms with Gasteiger partial charge in [0.15, 0.2) is 5.96 Å². The molecule has 1 fully saturated rings. The number of benzene rings is 1. The molecule has 1 aromatic heterocycles. The lowest BCUT2D eigenvalue weighted by molar-refractivity contribution is -0.137. The van der Waals surface area contributed by atoms with Gasteiger partial charge >= 0.3 is 6.18 Å². The zero-order chi connectivity index (χ0) is 20.9. The smallest absolute Gasteiger partial charge is 0.368 e. The molecule has 10 heteroatoms. The molecule has 2 aromatic rings. The molecule has 0 atom stereocenters. The highest BCUT2D eigenvalue weighted by Gasteiger charge is 2.31. The summed E-state index contributed by atoms with van der Waals surface area (Å²) in [6.07, 6.45) is 1.49. The SMILES string of the molecule is CN=C(NCCCc1cnn(C)c1)N1CCN(c2cccc(C(F)(F)F)c2)CC1.I. The molecule has 6 nitrogen and oxygen atoms in total. The number of anilines is 1. The van der Waals surface area contributed by atoms with Crippen molar-refractivity contribution in [3.63, 3.8) is 0 Å². The number of nitrogens with zero attached hydrogens (tertiary/aromatic N) is 5. The van der Waals surface area contributed by atoms with E-state index in [1.165, 1.54) is 17.7 Å². The highest BCUT2D eigenvalue weighted by Crippen LogP contribution is 2.31. The van der Waals surface area contributed by atoms with Gasteiger partial charge in [0.05, 0.1) is 11.8 Å². The molecule has 1 saturated heterocycles. The van der Waals surface area contributed by atoms with Gasteiger partial charge in [-0.2, -0.15) is 18.3 Å². The molecule has 1 N–H and O–H groups in total. The van der Waals surface area contributed by atoms with Crippen LogP contribution in [0.4, 0.5) is 18.9 Å². The maximum absolute atomic E-state index is 13.0. The Balaban J connectivity index is 0.00000320. The number of hydrogen-bond acceptors (Lipinski definition) is 3. The van der Waals surface area contributed by atoms with Crippen molar-refractivity contribution in [3.8, 4) is 0 Å². The summed E-state index contributed by atoms with van der Waals surface area (Å²) in [5.74, 6) is 0.833. The third-order valence-electron chi connectivity index (χ3n) is 5.01. The van der Waals surface area contributed by atoms with Crippen molar-refractivity contribution >= 4 is 35.6 Å². The number of aliphatic imine (C=N–C) groups is 1. The molecule has 2 heterocycles. The van der Waals surface area contributed by atoms with Crippen LogP contribution in [0.15, 0.2) is 41.7 Å². The molecule has 1 aliphatic heterocycles. The second-order valence-corrected chi connectivity index (χ2v) is 7.12. The predicted octanol–water partition coefficient (Wildman–Crippen LogP) is 3.39. The molecule has 1 aromatic carbocycles. The van der Waals surface area contributed by atoms with Crippen LogP contribution >= 0.6 is 24.0 Å². The summed E-state index contributed by atoms with van der Waals surface area (Å²) < 4.78 is 40.6. The first-order valence-corrected chi connectivity index (χ1v) is 9.72. The average Bonchev–Trinajstić information content (AvgIpc) is 3.13. The summed E-state index contributed by atoms with van der Waals surface area (Å²) in [4.78, 5) is 8.49. The van der Waals surface area contributed by atoms with Crippen molar-refractivity contribution in [1.82, 2.24) is 20.0 Å². The fourth-order valence-corrected chi connectivity index (χ4v) is 3.48. The molecule has 0 unspecified atom stereocenters. The highest BCUT2D eigenvalue weighted by molar-refractivity contribution is 14.0. The molecular formula is C20H28F3IN6. The molecule has 0 radical (unpaired) electrons. The van der Waals surface area contributed by atoms with E-state index in [4.69, 9.17) is 0 Å². The minimum absolute atomic E-state index is 0. The van der Waals surface area contributed by atoms with Gasteiger partial charge in [-0.05, 0) is 36.6 Å². The maximum atomic E-state index is 13.0. The van der Waals surface area contributed by atoms with Gasteiger partial charge in [0.1, 0.15) is 0 Å². The van der Waals surface area contributed by atoms with Crippen molar-refractivity contribution in [2.45, 2.75) is 19.0 Å². The van der Waals surface area contributed by atoms with Crippen LogP contribution in [-0.4, -0.2) is 60.4 Å². The van der Waals surface area contributed by atoms with E-state index < -0.39 is 11.7 Å². The number of rotatable bonds is 5. The van der Waals surface area contributed by atoms with Gasteiger partial charge in [-0.3, -0.25) is 9.67 Å². The second-order valence-electron chi connectivity index (χ2n) is 7.12. The predicted molar refractivity (Wildman–Crippen MR) is 124 cm³/mol. The summed E-state index contributed by atoms with van der Waals surface area (Å²) in [5, 5.41) is 7.55. The first kappa shape index (κ1) is 24.3. The standard InChI is InChI=1S/C20H27F3N6.HI/c1-24-19(25-8-4-5-16-14-26-27(2)15-16)29-11-9-28(10-12-29)18-7-3-6-17(13-18)20(21,22)23;/h3,6-7,13-15H,4-5,8-12H2,1-2H3,(H,24,25);1H. The van der Waals surface area contributed by atoms with Crippen LogP contribution in [0.3, 0.4) is 0 Å². The molecule has 0 amide bonds. The molecule has 0 aliphatic carbocycles. The van der Waals surface area contributed by atoms with Gasteiger partial charge in [-0.15, -0.1) is 24.0 Å². The number of nitrogens with one attached hydrogen (secondary N) is 1. The fourth-order valence-electron chi connectivity index (χ4n) is 3.48. The van der Waals surface area contributed by atoms with Crippen LogP contribution in [0.5, 0.6) is 0 Å². The Bertz CT molecular complexity index is 828. The second kappa shape index (κ2) is 10.9. The fraction of sp³-hybridized carbons (Fsp3) is 0.500. The molecule has 166 valence electrons. The van der Waals surface area contributed by atoms with Gasteiger partial charge in [-0.1, -0.05) is 6.07 Å². The van der Waals surface area contributed by atoms with E-state index in [1.54, 1.807) is 17.8 Å². The topological polar surface area (TPSA) is 48.7 Å². The molecule has 30 heavy (non-hydrogen) atoms. The Labute approximate surface area is 192 Å². The number of piperazine rings is 1. The van der Waals surface area contributed by atoms with Gasteiger partial charge in [0.25, 0.3) is 0 Å². The molecular weight excluding hydrogens is 508 g/mol. The zero-order valence-electron chi connectivity index (χ0n) is 17.2. The van der Waals surface area contributed by atoms with Gasteiger partial charge in [0, 0.05) is 58.7 Å². The van der Waals surface area contributed by atoms with E-state index in [0.717, 1.165) is 31.4 Å². The molecule has 0 bridgehead atoms. The van der Waals surface area contributed by atoms with Crippen molar-refractivity contribution in [3.05, 3.63) is 47.8 Å². The van der Waals surface area contributed by atoms with Gasteiger partial charge in [0.2, 0.25) is 0 Å². The first-order chi connectivity index (χ1) is 13.9. The Morgan fingerprint density at radius 2 is 1.93 bits per heavy atom. The summed E-state index contributed by atoms with van der Waals surface area (Å²) in [6.45, 7) is 3.52. The Morgan fingerprint density at radius 3 is 2.53 bits per heavy atom. The number of alkyl halides is 3.